The van der Waals surface area contributed by atoms with Crippen LogP contribution in [0.3, 0.4) is 0 Å². The number of hydrogen-bond donors (Lipinski definition) is 8. The molecule has 11 N–H and O–H groups in total. The zero-order valence-electron chi connectivity index (χ0n) is 34.6. The fourth-order valence-electron chi connectivity index (χ4n) is 6.81. The molecule has 4 atom stereocenters. The number of hydrogen-bond acceptors (Lipinski definition) is 14. The first-order valence-electron chi connectivity index (χ1n) is 19.9. The van der Waals surface area contributed by atoms with E-state index in [1.807, 2.05) is 6.07 Å². The average molecular weight is 850 g/mol. The summed E-state index contributed by atoms with van der Waals surface area (Å²) >= 11 is 0. The number of nitrogens with two attached hydrogens (primary N) is 3. The van der Waals surface area contributed by atoms with Gasteiger partial charge in [-0.3, -0.25) is 24.0 Å². The van der Waals surface area contributed by atoms with Crippen LogP contribution in [0.5, 0.6) is 17.2 Å². The van der Waals surface area contributed by atoms with E-state index in [1.165, 1.54) is 32.3 Å². The van der Waals surface area contributed by atoms with Gasteiger partial charge in [0.15, 0.2) is 5.82 Å². The summed E-state index contributed by atoms with van der Waals surface area (Å²) < 4.78 is 12.1. The van der Waals surface area contributed by atoms with Gasteiger partial charge < -0.3 is 57.9 Å². The molecule has 0 saturated heterocycles. The van der Waals surface area contributed by atoms with Crippen LogP contribution in [0.2, 0.25) is 0 Å². The molecule has 4 bridgehead atoms. The lowest BCUT2D eigenvalue weighted by atomic mass is 9.93. The molecule has 5 amide bonds. The summed E-state index contributed by atoms with van der Waals surface area (Å²) in [6, 6.07) is 13.1. The molecule has 0 radical (unpaired) electrons. The number of nitrogens with one attached hydrogen (secondary N) is 4. The Hall–Kier alpha value is -7.14. The van der Waals surface area contributed by atoms with Crippen LogP contribution < -0.4 is 47.9 Å². The van der Waals surface area contributed by atoms with Crippen molar-refractivity contribution in [1.82, 2.24) is 36.1 Å². The maximum atomic E-state index is 14.5. The summed E-state index contributed by atoms with van der Waals surface area (Å²) in [4.78, 5) is 79.7. The minimum atomic E-state index is -1.42. The van der Waals surface area contributed by atoms with Gasteiger partial charge in [-0.15, -0.1) is 0 Å². The maximum absolute atomic E-state index is 14.5. The molecule has 0 aliphatic carbocycles. The Kier molecular flexibility index (Phi) is 15.9. The van der Waals surface area contributed by atoms with E-state index in [-0.39, 0.29) is 63.5 Å². The molecule has 1 unspecified atom stereocenters. The van der Waals surface area contributed by atoms with E-state index in [2.05, 4.69) is 31.2 Å². The number of aryl methyl sites for hydroxylation is 1. The molecule has 62 heavy (non-hydrogen) atoms. The predicted molar refractivity (Wildman–Crippen MR) is 227 cm³/mol. The number of benzene rings is 3. The molecule has 2 heterocycles. The van der Waals surface area contributed by atoms with Crippen LogP contribution in [0.1, 0.15) is 46.6 Å². The van der Waals surface area contributed by atoms with Crippen LogP contribution in [0.15, 0.2) is 66.9 Å². The highest BCUT2D eigenvalue weighted by molar-refractivity contribution is 6.00. The Labute approximate surface area is 358 Å². The number of likely N-dealkylation sites (N-methyl/N-ethyl adjacent to an activating group) is 1. The van der Waals surface area contributed by atoms with Crippen molar-refractivity contribution in [2.24, 2.45) is 17.2 Å². The van der Waals surface area contributed by atoms with Gasteiger partial charge in [0.25, 0.3) is 5.91 Å². The molecule has 1 aliphatic heterocycles. The lowest BCUT2D eigenvalue weighted by Crippen LogP contribution is -2.56. The van der Waals surface area contributed by atoms with Gasteiger partial charge in [0, 0.05) is 49.4 Å². The lowest BCUT2D eigenvalue weighted by molar-refractivity contribution is -0.141. The quantitative estimate of drug-likeness (QED) is 0.0749. The molecule has 3 aromatic carbocycles. The number of aromatic hydroxyl groups is 1. The summed E-state index contributed by atoms with van der Waals surface area (Å²) in [6.07, 6.45) is 1.31. The van der Waals surface area contributed by atoms with Crippen LogP contribution in [0.4, 0.5) is 0 Å². The third-order valence-electron chi connectivity index (χ3n) is 9.96. The molecule has 1 aliphatic rings. The zero-order chi connectivity index (χ0) is 44.9. The molecule has 19 nitrogen and oxygen atoms in total. The molecular formula is C43H51N11O8. The van der Waals surface area contributed by atoms with Crippen molar-refractivity contribution in [2.45, 2.75) is 50.9 Å². The minimum Gasteiger partial charge on any atom is -0.508 e. The molecule has 326 valence electrons. The Balaban J connectivity index is 1.58. The van der Waals surface area contributed by atoms with Gasteiger partial charge in [-0.1, -0.05) is 12.1 Å². The summed E-state index contributed by atoms with van der Waals surface area (Å²) in [6.45, 7) is 3.36. The monoisotopic (exact) mass is 849 g/mol. The topological polar surface area (TPSA) is 303 Å². The van der Waals surface area contributed by atoms with E-state index in [9.17, 15) is 29.1 Å². The Morgan fingerprint density at radius 3 is 2.24 bits per heavy atom. The fraction of sp³-hybridized carbons (Fsp3) is 0.349. The molecule has 5 rings (SSSR count). The number of carbonyl (C=O) groups excluding carboxylic acids is 5. The summed E-state index contributed by atoms with van der Waals surface area (Å²) in [5.74, 6) is -2.33. The minimum absolute atomic E-state index is 0.00511. The van der Waals surface area contributed by atoms with Gasteiger partial charge in [0.2, 0.25) is 23.6 Å². The van der Waals surface area contributed by atoms with Crippen molar-refractivity contribution >= 4 is 29.5 Å². The first-order valence-corrected chi connectivity index (χ1v) is 19.9. The standard InChI is InChI=1S/C43H51N11O8/c1-24-32(23-49-38(50-24)27-5-8-29(55)9-6-27)40(57)52-33(12-13-44)43(60)54(3)37-28-7-11-36(62-19-16-47)31(22-28)30-20-26(4-10-35(30)61-18-15-46)21-34(41(58)48-17-14-45)53-39(56)25(2)51-42(37)59/h4-11,20,22-23,25,33-34,37,55H,12-13,15-19,21,44,46-47H2,1-3H3,(H,48,58)(H,51,59)(H,52,57)(H,53,56)/t25-,33?,34-,37-/m0/s1. The molecule has 0 fully saturated rings. The lowest BCUT2D eigenvalue weighted by Gasteiger charge is -2.32. The number of carbonyl (C=O) groups is 5. The fourth-order valence-corrected chi connectivity index (χ4v) is 6.81. The van der Waals surface area contributed by atoms with Gasteiger partial charge in [-0.2, -0.15) is 5.26 Å². The van der Waals surface area contributed by atoms with E-state index in [1.54, 1.807) is 55.5 Å². The normalized spacial score (nSPS) is 16.6. The number of nitriles is 1. The number of phenols is 1. The second kappa shape index (κ2) is 21.4. The van der Waals surface area contributed by atoms with E-state index in [0.717, 1.165) is 4.90 Å². The number of nitrogens with zero attached hydrogens (tertiary/aromatic N) is 4. The molecule has 4 aromatic rings. The van der Waals surface area contributed by atoms with Gasteiger partial charge in [0.1, 0.15) is 61.2 Å². The van der Waals surface area contributed by atoms with Crippen molar-refractivity contribution < 1.29 is 38.6 Å². The highest BCUT2D eigenvalue weighted by Gasteiger charge is 2.36. The predicted octanol–water partition coefficient (Wildman–Crippen LogP) is 0.332. The van der Waals surface area contributed by atoms with Crippen LogP contribution in [0.25, 0.3) is 22.5 Å². The van der Waals surface area contributed by atoms with Crippen molar-refractivity contribution in [1.29, 1.82) is 5.26 Å². The maximum Gasteiger partial charge on any atom is 0.255 e. The van der Waals surface area contributed by atoms with Crippen LogP contribution in [-0.4, -0.2) is 114 Å². The first kappa shape index (κ1) is 45.9. The van der Waals surface area contributed by atoms with E-state index >= 15 is 0 Å². The third-order valence-corrected chi connectivity index (χ3v) is 9.96. The summed E-state index contributed by atoms with van der Waals surface area (Å²) in [5.41, 5.74) is 20.4. The molecule has 0 saturated carbocycles. The van der Waals surface area contributed by atoms with Crippen molar-refractivity contribution in [3.63, 3.8) is 0 Å². The van der Waals surface area contributed by atoms with Gasteiger partial charge in [0.05, 0.1) is 17.3 Å². The van der Waals surface area contributed by atoms with Crippen LogP contribution >= 0.6 is 0 Å². The molecular weight excluding hydrogens is 799 g/mol. The van der Waals surface area contributed by atoms with E-state index < -0.39 is 53.7 Å². The Morgan fingerprint density at radius 2 is 1.61 bits per heavy atom. The molecule has 1 aromatic heterocycles. The van der Waals surface area contributed by atoms with E-state index in [0.29, 0.717) is 50.8 Å². The smallest absolute Gasteiger partial charge is 0.255 e. The average Bonchev–Trinajstić information content (AvgIpc) is 3.26. The Bertz CT molecular complexity index is 2320. The van der Waals surface area contributed by atoms with Gasteiger partial charge in [-0.05, 0) is 86.5 Å². The van der Waals surface area contributed by atoms with Crippen LogP contribution in [0, 0.1) is 18.3 Å². The number of fused-ring (bicyclic) bond motifs is 5. The number of rotatable bonds is 15. The van der Waals surface area contributed by atoms with Crippen LogP contribution in [-0.2, 0) is 25.6 Å². The number of ether oxygens (including phenoxy) is 2. The second-order valence-electron chi connectivity index (χ2n) is 14.4. The third kappa shape index (κ3) is 11.2. The van der Waals surface area contributed by atoms with Crippen molar-refractivity contribution in [3.8, 4) is 45.8 Å². The molecule has 0 spiro atoms. The van der Waals surface area contributed by atoms with Gasteiger partial charge >= 0.3 is 0 Å². The zero-order valence-corrected chi connectivity index (χ0v) is 34.6. The number of aromatic nitrogens is 2. The van der Waals surface area contributed by atoms with Crippen molar-refractivity contribution in [3.05, 3.63) is 89.2 Å². The molecule has 19 heteroatoms. The second-order valence-corrected chi connectivity index (χ2v) is 14.4. The van der Waals surface area contributed by atoms with Gasteiger partial charge in [-0.25, -0.2) is 9.97 Å². The number of phenolic OH excluding ortho intramolecular Hbond substituents is 1. The Morgan fingerprint density at radius 1 is 0.952 bits per heavy atom. The van der Waals surface area contributed by atoms with E-state index in [4.69, 9.17) is 31.9 Å². The summed E-state index contributed by atoms with van der Waals surface area (Å²) in [5, 5.41) is 29.4. The largest absolute Gasteiger partial charge is 0.508 e. The summed E-state index contributed by atoms with van der Waals surface area (Å²) in [7, 11) is 1.39. The number of amides is 5. The van der Waals surface area contributed by atoms with Crippen molar-refractivity contribution in [2.75, 3.05) is 46.4 Å². The highest BCUT2D eigenvalue weighted by Crippen LogP contribution is 2.40. The SMILES string of the molecule is Cc1nc(-c2ccc(O)cc2)ncc1C(=O)NC(CCN)C(=O)N(C)[C@@H]1C(=O)N[C@@H](C)C(=O)N[C@H](C(=O)NCC#N)Cc2ccc(OCCN)c(c2)-c2cc1ccc2OCCN. The highest BCUT2D eigenvalue weighted by atomic mass is 16.5. The first-order chi connectivity index (χ1) is 29.8.